The van der Waals surface area contributed by atoms with Crippen LogP contribution in [0.15, 0.2) is 192 Å². The smallest absolute Gasteiger partial charge is 0.138 e. The lowest BCUT2D eigenvalue weighted by molar-refractivity contribution is 0.666. The zero-order chi connectivity index (χ0) is 38.4. The van der Waals surface area contributed by atoms with Crippen molar-refractivity contribution in [2.24, 2.45) is 5.73 Å². The van der Waals surface area contributed by atoms with Crippen LogP contribution in [0.4, 0.5) is 0 Å². The molecule has 0 aliphatic rings. The van der Waals surface area contributed by atoms with Crippen LogP contribution in [-0.4, -0.2) is 12.1 Å². The average Bonchev–Trinajstić information content (AvgIpc) is 3.84. The Labute approximate surface area is 330 Å². The van der Waals surface area contributed by atoms with Gasteiger partial charge in [-0.2, -0.15) is 0 Å². The van der Waals surface area contributed by atoms with Crippen LogP contribution in [0.1, 0.15) is 16.7 Å². The molecule has 0 saturated carbocycles. The quantitative estimate of drug-likeness (QED) is 0.121. The number of aryl methyl sites for hydroxylation is 1. The maximum atomic E-state index is 7.83. The number of rotatable bonds is 5. The van der Waals surface area contributed by atoms with E-state index in [1.165, 1.54) is 76.1 Å². The molecule has 0 bridgehead atoms. The molecule has 0 fully saturated rings. The van der Waals surface area contributed by atoms with E-state index >= 15 is 0 Å². The Bertz CT molecular complexity index is 2960. The number of benzene rings is 8. The minimum atomic E-state index is 0.121. The first-order chi connectivity index (χ1) is 27.5. The van der Waals surface area contributed by atoms with Gasteiger partial charge in [0, 0.05) is 48.3 Å². The van der Waals surface area contributed by atoms with E-state index in [4.69, 9.17) is 21.0 Å². The van der Waals surface area contributed by atoms with Crippen LogP contribution in [0.5, 0.6) is 0 Å². The Morgan fingerprint density at radius 1 is 0.518 bits per heavy atom. The predicted octanol–water partition coefficient (Wildman–Crippen LogP) is 13.9. The highest BCUT2D eigenvalue weighted by Crippen LogP contribution is 2.38. The minimum absolute atomic E-state index is 0.121. The molecule has 5 heteroatoms. The van der Waals surface area contributed by atoms with E-state index in [-0.39, 0.29) is 5.84 Å². The van der Waals surface area contributed by atoms with E-state index in [0.717, 1.165) is 22.3 Å². The molecule has 0 unspecified atom stereocenters. The molecule has 0 saturated heterocycles. The van der Waals surface area contributed by atoms with Crippen molar-refractivity contribution in [3.8, 4) is 33.4 Å². The van der Waals surface area contributed by atoms with Crippen molar-refractivity contribution in [2.75, 3.05) is 0 Å². The molecular formula is C51H39N3OS. The van der Waals surface area contributed by atoms with E-state index in [1.807, 2.05) is 66.7 Å². The molecule has 270 valence electrons. The number of nitrogens with two attached hydrogens (primary N) is 1. The van der Waals surface area contributed by atoms with Gasteiger partial charge in [-0.05, 0) is 76.2 Å². The second-order valence-corrected chi connectivity index (χ2v) is 14.6. The summed E-state index contributed by atoms with van der Waals surface area (Å²) in [5.41, 5.74) is 17.4. The third-order valence-corrected chi connectivity index (χ3v) is 11.0. The molecule has 0 radical (unpaired) electrons. The van der Waals surface area contributed by atoms with Gasteiger partial charge in [0.15, 0.2) is 0 Å². The van der Waals surface area contributed by atoms with E-state index < -0.39 is 0 Å². The van der Waals surface area contributed by atoms with Crippen molar-refractivity contribution in [3.05, 3.63) is 205 Å². The first-order valence-electron chi connectivity index (χ1n) is 18.5. The maximum absolute atomic E-state index is 7.83. The maximum Gasteiger partial charge on any atom is 0.138 e. The van der Waals surface area contributed by atoms with Gasteiger partial charge in [-0.1, -0.05) is 158 Å². The lowest BCUT2D eigenvalue weighted by Gasteiger charge is -2.08. The lowest BCUT2D eigenvalue weighted by atomic mass is 9.96. The fraction of sp³-hybridized carbons (Fsp3) is 0.0196. The van der Waals surface area contributed by atoms with Gasteiger partial charge >= 0.3 is 0 Å². The predicted molar refractivity (Wildman–Crippen MR) is 239 cm³/mol. The molecule has 0 atom stereocenters. The number of amidine groups is 1. The summed E-state index contributed by atoms with van der Waals surface area (Å²) in [6, 6.07) is 64.5. The summed E-state index contributed by atoms with van der Waals surface area (Å²) in [6.07, 6.45) is 1.46. The normalized spacial score (nSPS) is 10.8. The van der Waals surface area contributed by atoms with Gasteiger partial charge in [0.1, 0.15) is 17.0 Å². The van der Waals surface area contributed by atoms with Gasteiger partial charge in [-0.15, -0.1) is 11.3 Å². The van der Waals surface area contributed by atoms with Crippen LogP contribution in [0.2, 0.25) is 0 Å². The van der Waals surface area contributed by atoms with Crippen molar-refractivity contribution in [2.45, 2.75) is 6.92 Å². The second-order valence-electron chi connectivity index (χ2n) is 13.5. The molecule has 0 spiro atoms. The molecule has 10 aromatic rings. The Morgan fingerprint density at radius 3 is 1.79 bits per heavy atom. The molecule has 0 aliphatic heterocycles. The van der Waals surface area contributed by atoms with Crippen molar-refractivity contribution in [3.63, 3.8) is 0 Å². The summed E-state index contributed by atoms with van der Waals surface area (Å²) >= 11 is 1.79. The summed E-state index contributed by atoms with van der Waals surface area (Å²) in [7, 11) is 0. The average molecular weight is 742 g/mol. The molecule has 2 aromatic heterocycles. The largest absolute Gasteiger partial charge is 0.456 e. The van der Waals surface area contributed by atoms with Gasteiger partial charge in [-0.3, -0.25) is 5.41 Å². The molecule has 4 nitrogen and oxygen atoms in total. The van der Waals surface area contributed by atoms with Crippen molar-refractivity contribution in [1.82, 2.24) is 0 Å². The molecule has 2 heterocycles. The fourth-order valence-corrected chi connectivity index (χ4v) is 8.14. The molecule has 56 heavy (non-hydrogen) atoms. The second kappa shape index (κ2) is 16.1. The number of nitrogen functional groups attached to an aromatic ring is 1. The Hall–Kier alpha value is -7.08. The van der Waals surface area contributed by atoms with Crippen LogP contribution in [0, 0.1) is 17.7 Å². The van der Waals surface area contributed by atoms with Crippen LogP contribution in [-0.2, 0) is 0 Å². The summed E-state index contributed by atoms with van der Waals surface area (Å²) in [4.78, 5) is 0. The third-order valence-electron chi connectivity index (χ3n) is 9.89. The SMILES string of the molecule is Cc1cccc2c1oc1ccccc12.N=C(N)c1ccccc1.N=Cc1cccc2sc3ccc(-c4cccc(-c5ccc(-c6ccccc6)cc5)c4)cc3c12. The van der Waals surface area contributed by atoms with E-state index in [0.29, 0.717) is 0 Å². The molecule has 0 amide bonds. The Morgan fingerprint density at radius 2 is 1.07 bits per heavy atom. The molecule has 8 aromatic carbocycles. The van der Waals surface area contributed by atoms with Crippen LogP contribution in [0.3, 0.4) is 0 Å². The Kier molecular flexibility index (Phi) is 10.3. The fourth-order valence-electron chi connectivity index (χ4n) is 7.02. The highest BCUT2D eigenvalue weighted by atomic mass is 32.1. The summed E-state index contributed by atoms with van der Waals surface area (Å²) < 4.78 is 8.27. The number of nitrogens with one attached hydrogen (secondary N) is 2. The number of hydrogen-bond acceptors (Lipinski definition) is 4. The Balaban J connectivity index is 0.000000156. The summed E-state index contributed by atoms with van der Waals surface area (Å²) in [5.74, 6) is 0.121. The van der Waals surface area contributed by atoms with Gasteiger partial charge in [-0.25, -0.2) is 0 Å². The minimum Gasteiger partial charge on any atom is -0.456 e. The standard InChI is InChI=1S/C31H21NS.C13H10O.C7H8N2/c32-20-27-10-5-11-30-31(27)28-19-26(16-17-29(28)33-30)25-9-4-8-24(18-25)23-14-12-22(13-15-23)21-6-2-1-3-7-21;1-9-5-4-7-11-10-6-2-3-8-12(10)14-13(9)11;8-7(9)6-4-2-1-3-5-6/h1-20,32H;2-8H,1H3;1-5H,(H3,8,9). The van der Waals surface area contributed by atoms with Crippen LogP contribution < -0.4 is 5.73 Å². The zero-order valence-electron chi connectivity index (χ0n) is 30.9. The van der Waals surface area contributed by atoms with Gasteiger partial charge in [0.05, 0.1) is 0 Å². The number of furan rings is 1. The van der Waals surface area contributed by atoms with E-state index in [2.05, 4.69) is 128 Å². The number of fused-ring (bicyclic) bond motifs is 6. The molecule has 4 N–H and O–H groups in total. The number of hydrogen-bond donors (Lipinski definition) is 3. The zero-order valence-corrected chi connectivity index (χ0v) is 31.7. The van der Waals surface area contributed by atoms with Crippen molar-refractivity contribution in [1.29, 1.82) is 10.8 Å². The summed E-state index contributed by atoms with van der Waals surface area (Å²) in [6.45, 7) is 2.07. The van der Waals surface area contributed by atoms with Crippen LogP contribution >= 0.6 is 11.3 Å². The van der Waals surface area contributed by atoms with Crippen LogP contribution in [0.25, 0.3) is 75.5 Å². The molecule has 0 aliphatic carbocycles. The summed E-state index contributed by atoms with van der Waals surface area (Å²) in [5, 5.41) is 19.7. The lowest BCUT2D eigenvalue weighted by Crippen LogP contribution is -2.10. The topological polar surface area (TPSA) is 86.9 Å². The molecule has 10 rings (SSSR count). The van der Waals surface area contributed by atoms with Crippen molar-refractivity contribution >= 4 is 65.5 Å². The highest BCUT2D eigenvalue weighted by molar-refractivity contribution is 7.25. The first-order valence-corrected chi connectivity index (χ1v) is 19.3. The highest BCUT2D eigenvalue weighted by Gasteiger charge is 2.11. The third kappa shape index (κ3) is 7.49. The molecular weight excluding hydrogens is 703 g/mol. The van der Waals surface area contributed by atoms with Gasteiger partial charge < -0.3 is 15.6 Å². The van der Waals surface area contributed by atoms with Gasteiger partial charge in [0.2, 0.25) is 0 Å². The van der Waals surface area contributed by atoms with E-state index in [1.54, 1.807) is 11.3 Å². The first kappa shape index (κ1) is 35.9. The van der Waals surface area contributed by atoms with E-state index in [9.17, 15) is 0 Å². The number of para-hydroxylation sites is 2. The number of thiophene rings is 1. The van der Waals surface area contributed by atoms with Gasteiger partial charge in [0.25, 0.3) is 0 Å². The van der Waals surface area contributed by atoms with Crippen molar-refractivity contribution < 1.29 is 4.42 Å². The monoisotopic (exact) mass is 741 g/mol.